The van der Waals surface area contributed by atoms with Gasteiger partial charge in [0.25, 0.3) is 0 Å². The minimum absolute atomic E-state index is 0.459. The van der Waals surface area contributed by atoms with Crippen LogP contribution in [0.2, 0.25) is 0 Å². The Morgan fingerprint density at radius 1 is 0.955 bits per heavy atom. The SMILES string of the molecule is Cc1cccc(-c2ncc(-c3cccc(C(F)(F)F)c3)[nH]2)c1. The molecule has 112 valence electrons. The highest BCUT2D eigenvalue weighted by atomic mass is 19.4. The van der Waals surface area contributed by atoms with Crippen LogP contribution < -0.4 is 0 Å². The van der Waals surface area contributed by atoms with Gasteiger partial charge in [-0.2, -0.15) is 13.2 Å². The Morgan fingerprint density at radius 3 is 2.41 bits per heavy atom. The highest BCUT2D eigenvalue weighted by Crippen LogP contribution is 2.32. The van der Waals surface area contributed by atoms with E-state index in [1.807, 2.05) is 31.2 Å². The van der Waals surface area contributed by atoms with E-state index >= 15 is 0 Å². The standard InChI is InChI=1S/C17H13F3N2/c1-11-4-2-6-13(8-11)16-21-10-15(22-16)12-5-3-7-14(9-12)17(18,19)20/h2-10H,1H3,(H,21,22). The third-order valence-electron chi connectivity index (χ3n) is 3.37. The van der Waals surface area contributed by atoms with Gasteiger partial charge in [0.05, 0.1) is 17.5 Å². The molecule has 0 aliphatic rings. The van der Waals surface area contributed by atoms with E-state index < -0.39 is 11.7 Å². The van der Waals surface area contributed by atoms with Gasteiger partial charge in [-0.1, -0.05) is 35.9 Å². The molecule has 0 fully saturated rings. The van der Waals surface area contributed by atoms with Crippen molar-refractivity contribution in [2.24, 2.45) is 0 Å². The van der Waals surface area contributed by atoms with Gasteiger partial charge >= 0.3 is 6.18 Å². The monoisotopic (exact) mass is 302 g/mol. The zero-order chi connectivity index (χ0) is 15.7. The Morgan fingerprint density at radius 2 is 1.68 bits per heavy atom. The molecule has 0 atom stereocenters. The fourth-order valence-corrected chi connectivity index (χ4v) is 2.27. The number of nitrogens with one attached hydrogen (secondary N) is 1. The minimum Gasteiger partial charge on any atom is -0.338 e. The van der Waals surface area contributed by atoms with Crippen molar-refractivity contribution in [3.8, 4) is 22.6 Å². The summed E-state index contributed by atoms with van der Waals surface area (Å²) >= 11 is 0. The fraction of sp³-hybridized carbons (Fsp3) is 0.118. The van der Waals surface area contributed by atoms with Gasteiger partial charge in [-0.25, -0.2) is 4.98 Å². The van der Waals surface area contributed by atoms with Crippen LogP contribution in [-0.2, 0) is 6.18 Å². The number of imidazole rings is 1. The van der Waals surface area contributed by atoms with Crippen molar-refractivity contribution in [1.29, 1.82) is 0 Å². The molecular formula is C17H13F3N2. The van der Waals surface area contributed by atoms with Crippen LogP contribution in [0.25, 0.3) is 22.6 Å². The first-order valence-electron chi connectivity index (χ1n) is 6.73. The first kappa shape index (κ1) is 14.4. The number of H-pyrrole nitrogens is 1. The molecule has 22 heavy (non-hydrogen) atoms. The van der Waals surface area contributed by atoms with E-state index in [0.717, 1.165) is 23.3 Å². The summed E-state index contributed by atoms with van der Waals surface area (Å²) in [5.74, 6) is 0.635. The second-order valence-corrected chi connectivity index (χ2v) is 5.09. The van der Waals surface area contributed by atoms with Crippen LogP contribution in [0.1, 0.15) is 11.1 Å². The summed E-state index contributed by atoms with van der Waals surface area (Å²) in [6.45, 7) is 1.97. The average Bonchev–Trinajstić information content (AvgIpc) is 2.96. The maximum Gasteiger partial charge on any atom is 0.416 e. The van der Waals surface area contributed by atoms with Gasteiger partial charge < -0.3 is 4.98 Å². The zero-order valence-electron chi connectivity index (χ0n) is 11.8. The predicted molar refractivity (Wildman–Crippen MR) is 79.2 cm³/mol. The zero-order valence-corrected chi connectivity index (χ0v) is 11.8. The minimum atomic E-state index is -4.35. The maximum atomic E-state index is 12.8. The molecule has 2 nitrogen and oxygen atoms in total. The molecule has 0 radical (unpaired) electrons. The number of benzene rings is 2. The number of hydrogen-bond acceptors (Lipinski definition) is 1. The van der Waals surface area contributed by atoms with Gasteiger partial charge in [-0.3, -0.25) is 0 Å². The second-order valence-electron chi connectivity index (χ2n) is 5.09. The lowest BCUT2D eigenvalue weighted by atomic mass is 10.1. The summed E-state index contributed by atoms with van der Waals surface area (Å²) in [6.07, 6.45) is -2.80. The van der Waals surface area contributed by atoms with Gasteiger partial charge in [-0.15, -0.1) is 0 Å². The largest absolute Gasteiger partial charge is 0.416 e. The lowest BCUT2D eigenvalue weighted by molar-refractivity contribution is -0.137. The Balaban J connectivity index is 1.98. The second kappa shape index (κ2) is 5.33. The number of aryl methyl sites for hydroxylation is 1. The summed E-state index contributed by atoms with van der Waals surface area (Å²) in [6, 6.07) is 13.0. The van der Waals surface area contributed by atoms with Crippen LogP contribution in [0.5, 0.6) is 0 Å². The first-order valence-corrected chi connectivity index (χ1v) is 6.73. The third kappa shape index (κ3) is 2.88. The van der Waals surface area contributed by atoms with E-state index in [-0.39, 0.29) is 0 Å². The molecule has 1 aromatic heterocycles. The number of halogens is 3. The Labute approximate surface area is 125 Å². The van der Waals surface area contributed by atoms with Crippen LogP contribution in [0.3, 0.4) is 0 Å². The molecule has 1 heterocycles. The highest BCUT2D eigenvalue weighted by Gasteiger charge is 2.30. The van der Waals surface area contributed by atoms with Gasteiger partial charge in [0.2, 0.25) is 0 Å². The van der Waals surface area contributed by atoms with Crippen molar-refractivity contribution in [2.45, 2.75) is 13.1 Å². The number of hydrogen-bond donors (Lipinski definition) is 1. The molecule has 0 saturated carbocycles. The Hall–Kier alpha value is -2.56. The first-order chi connectivity index (χ1) is 10.4. The van der Waals surface area contributed by atoms with Crippen LogP contribution in [0, 0.1) is 6.92 Å². The van der Waals surface area contributed by atoms with Crippen LogP contribution in [-0.4, -0.2) is 9.97 Å². The molecule has 1 N–H and O–H groups in total. The number of aromatic amines is 1. The summed E-state index contributed by atoms with van der Waals surface area (Å²) in [4.78, 5) is 7.33. The summed E-state index contributed by atoms with van der Waals surface area (Å²) in [5.41, 5.74) is 2.34. The molecule has 0 aliphatic heterocycles. The normalized spacial score (nSPS) is 11.6. The number of nitrogens with zero attached hydrogens (tertiary/aromatic N) is 1. The molecule has 0 amide bonds. The average molecular weight is 302 g/mol. The maximum absolute atomic E-state index is 12.8. The molecule has 0 saturated heterocycles. The summed E-state index contributed by atoms with van der Waals surface area (Å²) in [7, 11) is 0. The topological polar surface area (TPSA) is 28.7 Å². The van der Waals surface area contributed by atoms with Crippen LogP contribution in [0.4, 0.5) is 13.2 Å². The van der Waals surface area contributed by atoms with E-state index in [4.69, 9.17) is 0 Å². The predicted octanol–water partition coefficient (Wildman–Crippen LogP) is 5.07. The molecule has 3 aromatic rings. The van der Waals surface area contributed by atoms with E-state index in [1.165, 1.54) is 6.07 Å². The quantitative estimate of drug-likeness (QED) is 0.703. The van der Waals surface area contributed by atoms with E-state index in [2.05, 4.69) is 9.97 Å². The van der Waals surface area contributed by atoms with Crippen molar-refractivity contribution in [1.82, 2.24) is 9.97 Å². The molecule has 0 spiro atoms. The molecule has 0 unspecified atom stereocenters. The van der Waals surface area contributed by atoms with Gasteiger partial charge in [0.15, 0.2) is 0 Å². The Bertz CT molecular complexity index is 803. The molecular weight excluding hydrogens is 289 g/mol. The van der Waals surface area contributed by atoms with Crippen molar-refractivity contribution in [3.63, 3.8) is 0 Å². The fourth-order valence-electron chi connectivity index (χ4n) is 2.27. The van der Waals surface area contributed by atoms with Gasteiger partial charge in [-0.05, 0) is 25.1 Å². The number of aromatic nitrogens is 2. The molecule has 3 rings (SSSR count). The number of alkyl halides is 3. The smallest absolute Gasteiger partial charge is 0.338 e. The summed E-state index contributed by atoms with van der Waals surface area (Å²) in [5, 5.41) is 0. The molecule has 2 aromatic carbocycles. The highest BCUT2D eigenvalue weighted by molar-refractivity contribution is 5.65. The van der Waals surface area contributed by atoms with Crippen molar-refractivity contribution >= 4 is 0 Å². The van der Waals surface area contributed by atoms with E-state index in [1.54, 1.807) is 12.3 Å². The van der Waals surface area contributed by atoms with Crippen LogP contribution in [0.15, 0.2) is 54.7 Å². The van der Waals surface area contributed by atoms with E-state index in [0.29, 0.717) is 17.1 Å². The van der Waals surface area contributed by atoms with E-state index in [9.17, 15) is 13.2 Å². The van der Waals surface area contributed by atoms with Crippen molar-refractivity contribution in [3.05, 3.63) is 65.9 Å². The lowest BCUT2D eigenvalue weighted by Gasteiger charge is -2.07. The third-order valence-corrected chi connectivity index (χ3v) is 3.37. The van der Waals surface area contributed by atoms with Crippen molar-refractivity contribution < 1.29 is 13.2 Å². The van der Waals surface area contributed by atoms with Crippen molar-refractivity contribution in [2.75, 3.05) is 0 Å². The summed E-state index contributed by atoms with van der Waals surface area (Å²) < 4.78 is 38.3. The van der Waals surface area contributed by atoms with Crippen LogP contribution >= 0.6 is 0 Å². The Kier molecular flexibility index (Phi) is 3.48. The molecule has 5 heteroatoms. The van der Waals surface area contributed by atoms with Gasteiger partial charge in [0.1, 0.15) is 5.82 Å². The number of rotatable bonds is 2. The molecule has 0 aliphatic carbocycles. The van der Waals surface area contributed by atoms with Gasteiger partial charge in [0, 0.05) is 11.1 Å². The molecule has 0 bridgehead atoms. The lowest BCUT2D eigenvalue weighted by Crippen LogP contribution is -2.04.